The van der Waals surface area contributed by atoms with Gasteiger partial charge in [-0.25, -0.2) is 4.79 Å². The minimum absolute atomic E-state index is 0.0159. The third-order valence-corrected chi connectivity index (χ3v) is 3.66. The molecular weight excluding hydrogens is 202 g/mol. The van der Waals surface area contributed by atoms with E-state index < -0.39 is 0 Å². The van der Waals surface area contributed by atoms with Crippen LogP contribution in [0.5, 0.6) is 0 Å². The second-order valence-electron chi connectivity index (χ2n) is 5.96. The Labute approximate surface area is 98.6 Å². The number of carbonyl (C=O) groups is 1. The van der Waals surface area contributed by atoms with E-state index in [1.165, 1.54) is 0 Å². The molecule has 1 saturated heterocycles. The lowest BCUT2D eigenvalue weighted by atomic mass is 9.89. The molecule has 0 spiro atoms. The molecule has 0 aromatic carbocycles. The Morgan fingerprint density at radius 2 is 2.00 bits per heavy atom. The minimum Gasteiger partial charge on any atom is -0.335 e. The molecule has 4 nitrogen and oxygen atoms in total. The molecule has 2 amide bonds. The summed E-state index contributed by atoms with van der Waals surface area (Å²) in [6.45, 7) is 11.8. The summed E-state index contributed by atoms with van der Waals surface area (Å²) >= 11 is 0. The Balaban J connectivity index is 2.52. The van der Waals surface area contributed by atoms with Gasteiger partial charge in [-0.05, 0) is 18.3 Å². The second-order valence-corrected chi connectivity index (χ2v) is 5.96. The molecule has 1 aliphatic rings. The molecular formula is C12H25N3O. The van der Waals surface area contributed by atoms with Gasteiger partial charge in [0.25, 0.3) is 0 Å². The van der Waals surface area contributed by atoms with Crippen LogP contribution in [0.2, 0.25) is 0 Å². The van der Waals surface area contributed by atoms with Gasteiger partial charge in [0.05, 0.1) is 0 Å². The number of carbonyl (C=O) groups excluding carboxylic acids is 1. The lowest BCUT2D eigenvalue weighted by Gasteiger charge is -2.24. The molecule has 2 atom stereocenters. The molecule has 1 rings (SSSR count). The van der Waals surface area contributed by atoms with Gasteiger partial charge < -0.3 is 16.0 Å². The molecule has 1 fully saturated rings. The van der Waals surface area contributed by atoms with Crippen molar-refractivity contribution in [2.75, 3.05) is 13.1 Å². The number of hydrogen-bond acceptors (Lipinski definition) is 2. The lowest BCUT2D eigenvalue weighted by molar-refractivity contribution is 0.197. The van der Waals surface area contributed by atoms with Crippen LogP contribution in [0, 0.1) is 11.3 Å². The predicted octanol–water partition coefficient (Wildman–Crippen LogP) is 1.41. The zero-order chi connectivity index (χ0) is 12.5. The summed E-state index contributed by atoms with van der Waals surface area (Å²) in [6, 6.07) is 0.294. The Bertz CT molecular complexity index is 263. The van der Waals surface area contributed by atoms with Crippen molar-refractivity contribution in [1.82, 2.24) is 10.2 Å². The van der Waals surface area contributed by atoms with Crippen LogP contribution in [0.25, 0.3) is 0 Å². The Morgan fingerprint density at radius 3 is 2.38 bits per heavy atom. The van der Waals surface area contributed by atoms with Crippen molar-refractivity contribution in [3.63, 3.8) is 0 Å². The predicted molar refractivity (Wildman–Crippen MR) is 66.2 cm³/mol. The van der Waals surface area contributed by atoms with Gasteiger partial charge in [0.2, 0.25) is 0 Å². The second kappa shape index (κ2) is 4.62. The Hall–Kier alpha value is -0.770. The van der Waals surface area contributed by atoms with Crippen molar-refractivity contribution in [2.24, 2.45) is 17.1 Å². The van der Waals surface area contributed by atoms with Crippen LogP contribution in [0.3, 0.4) is 0 Å². The van der Waals surface area contributed by atoms with Crippen LogP contribution in [-0.2, 0) is 0 Å². The normalized spacial score (nSPS) is 25.9. The monoisotopic (exact) mass is 227 g/mol. The molecule has 0 saturated carbocycles. The van der Waals surface area contributed by atoms with Crippen LogP contribution in [-0.4, -0.2) is 36.1 Å². The van der Waals surface area contributed by atoms with Gasteiger partial charge in [0, 0.05) is 25.2 Å². The van der Waals surface area contributed by atoms with E-state index in [0.29, 0.717) is 12.5 Å². The van der Waals surface area contributed by atoms with Crippen molar-refractivity contribution < 1.29 is 4.79 Å². The maximum absolute atomic E-state index is 12.0. The lowest BCUT2D eigenvalue weighted by Crippen LogP contribution is -2.45. The highest BCUT2D eigenvalue weighted by Gasteiger charge is 2.39. The molecule has 0 radical (unpaired) electrons. The fourth-order valence-electron chi connectivity index (χ4n) is 1.77. The third-order valence-electron chi connectivity index (χ3n) is 3.66. The SMILES string of the molecule is CC(C)C(C)NC(=O)N1CC(N)C(C)(C)C1. The van der Waals surface area contributed by atoms with E-state index in [2.05, 4.69) is 33.0 Å². The van der Waals surface area contributed by atoms with Gasteiger partial charge in [-0.15, -0.1) is 0 Å². The third kappa shape index (κ3) is 2.88. The number of rotatable bonds is 2. The summed E-state index contributed by atoms with van der Waals surface area (Å²) in [7, 11) is 0. The van der Waals surface area contributed by atoms with Crippen molar-refractivity contribution >= 4 is 6.03 Å². The van der Waals surface area contributed by atoms with Gasteiger partial charge in [-0.3, -0.25) is 0 Å². The average molecular weight is 227 g/mol. The maximum atomic E-state index is 12.0. The highest BCUT2D eigenvalue weighted by Crippen LogP contribution is 2.27. The zero-order valence-corrected chi connectivity index (χ0v) is 11.1. The molecule has 0 bridgehead atoms. The number of amides is 2. The van der Waals surface area contributed by atoms with Crippen molar-refractivity contribution in [1.29, 1.82) is 0 Å². The van der Waals surface area contributed by atoms with Gasteiger partial charge in [0.15, 0.2) is 0 Å². The first-order chi connectivity index (χ1) is 7.24. The zero-order valence-electron chi connectivity index (χ0n) is 11.1. The van der Waals surface area contributed by atoms with Crippen molar-refractivity contribution in [2.45, 2.75) is 46.7 Å². The first kappa shape index (κ1) is 13.3. The summed E-state index contributed by atoms with van der Waals surface area (Å²) in [5, 5.41) is 3.01. The largest absolute Gasteiger partial charge is 0.335 e. The van der Waals surface area contributed by atoms with Crippen molar-refractivity contribution in [3.8, 4) is 0 Å². The van der Waals surface area contributed by atoms with Crippen molar-refractivity contribution in [3.05, 3.63) is 0 Å². The van der Waals surface area contributed by atoms with E-state index in [0.717, 1.165) is 6.54 Å². The summed E-state index contributed by atoms with van der Waals surface area (Å²) in [5.74, 6) is 0.452. The number of nitrogens with zero attached hydrogens (tertiary/aromatic N) is 1. The number of urea groups is 1. The van der Waals surface area contributed by atoms with Gasteiger partial charge in [-0.2, -0.15) is 0 Å². The molecule has 0 aliphatic carbocycles. The van der Waals surface area contributed by atoms with E-state index in [-0.39, 0.29) is 23.5 Å². The van der Waals surface area contributed by atoms with Crippen LogP contribution < -0.4 is 11.1 Å². The van der Waals surface area contributed by atoms with E-state index in [1.807, 2.05) is 11.8 Å². The molecule has 4 heteroatoms. The first-order valence-electron chi connectivity index (χ1n) is 6.05. The van der Waals surface area contributed by atoms with E-state index >= 15 is 0 Å². The van der Waals surface area contributed by atoms with Crippen LogP contribution >= 0.6 is 0 Å². The molecule has 1 heterocycles. The highest BCUT2D eigenvalue weighted by molar-refractivity contribution is 5.75. The molecule has 3 N–H and O–H groups in total. The van der Waals surface area contributed by atoms with E-state index in [4.69, 9.17) is 5.73 Å². The fraction of sp³-hybridized carbons (Fsp3) is 0.917. The molecule has 1 aliphatic heterocycles. The smallest absolute Gasteiger partial charge is 0.317 e. The first-order valence-corrected chi connectivity index (χ1v) is 6.05. The summed E-state index contributed by atoms with van der Waals surface area (Å²) < 4.78 is 0. The topological polar surface area (TPSA) is 58.4 Å². The number of nitrogens with two attached hydrogens (primary N) is 1. The average Bonchev–Trinajstić information content (AvgIpc) is 2.41. The molecule has 94 valence electrons. The van der Waals surface area contributed by atoms with Crippen LogP contribution in [0.1, 0.15) is 34.6 Å². The summed E-state index contributed by atoms with van der Waals surface area (Å²) in [5.41, 5.74) is 6.04. The maximum Gasteiger partial charge on any atom is 0.317 e. The van der Waals surface area contributed by atoms with E-state index in [1.54, 1.807) is 0 Å². The highest BCUT2D eigenvalue weighted by atomic mass is 16.2. The van der Waals surface area contributed by atoms with Crippen LogP contribution in [0.15, 0.2) is 0 Å². The summed E-state index contributed by atoms with van der Waals surface area (Å²) in [6.07, 6.45) is 0. The number of likely N-dealkylation sites (tertiary alicyclic amines) is 1. The van der Waals surface area contributed by atoms with Gasteiger partial charge in [-0.1, -0.05) is 27.7 Å². The number of nitrogens with one attached hydrogen (secondary N) is 1. The fourth-order valence-corrected chi connectivity index (χ4v) is 1.77. The Kier molecular flexibility index (Phi) is 3.84. The van der Waals surface area contributed by atoms with E-state index in [9.17, 15) is 4.79 Å². The Morgan fingerprint density at radius 1 is 1.44 bits per heavy atom. The summed E-state index contributed by atoms with van der Waals surface area (Å²) in [4.78, 5) is 13.8. The molecule has 2 unspecified atom stereocenters. The number of hydrogen-bond donors (Lipinski definition) is 2. The molecule has 0 aromatic heterocycles. The quantitative estimate of drug-likeness (QED) is 0.749. The van der Waals surface area contributed by atoms with Gasteiger partial charge in [0.1, 0.15) is 0 Å². The molecule has 16 heavy (non-hydrogen) atoms. The molecule has 0 aromatic rings. The minimum atomic E-state index is 0.0159. The van der Waals surface area contributed by atoms with Gasteiger partial charge >= 0.3 is 6.03 Å². The standard InChI is InChI=1S/C12H25N3O/c1-8(2)9(3)14-11(16)15-6-10(13)12(4,5)7-15/h8-10H,6-7,13H2,1-5H3,(H,14,16). The van der Waals surface area contributed by atoms with Crippen LogP contribution in [0.4, 0.5) is 4.79 Å².